The van der Waals surface area contributed by atoms with Crippen molar-refractivity contribution in [2.45, 2.75) is 90.8 Å². The molecule has 0 radical (unpaired) electrons. The highest BCUT2D eigenvalue weighted by Gasteiger charge is 2.30. The molecule has 0 aromatic heterocycles. The van der Waals surface area contributed by atoms with Crippen LogP contribution >= 0.6 is 0 Å². The number of nitrogens with one attached hydrogen (secondary N) is 1. The van der Waals surface area contributed by atoms with Crippen molar-refractivity contribution >= 4 is 11.7 Å². The number of nitrogens with zero attached hydrogens (tertiary/aromatic N) is 1. The number of urea groups is 1. The average molecular weight is 613 g/mol. The molecule has 0 aliphatic heterocycles. The molecule has 0 spiro atoms. The molecule has 3 rings (SSSR count). The Morgan fingerprint density at radius 2 is 1.43 bits per heavy atom. The summed E-state index contributed by atoms with van der Waals surface area (Å²) in [4.78, 5) is 14.9. The number of ether oxygens (including phenoxy) is 2. The lowest BCUT2D eigenvalue weighted by Crippen LogP contribution is -2.35. The van der Waals surface area contributed by atoms with Crippen LogP contribution in [0, 0.1) is 0 Å². The van der Waals surface area contributed by atoms with Crippen LogP contribution < -0.4 is 14.8 Å². The summed E-state index contributed by atoms with van der Waals surface area (Å²) in [5.41, 5.74) is 3.00. The van der Waals surface area contributed by atoms with Crippen LogP contribution in [0.1, 0.15) is 89.5 Å². The minimum atomic E-state index is -4.41. The van der Waals surface area contributed by atoms with E-state index in [1.807, 2.05) is 0 Å². The number of alkyl halides is 3. The quantitative estimate of drug-likeness (QED) is 0.184. The summed E-state index contributed by atoms with van der Waals surface area (Å²) in [5.74, 6) is 1.55. The van der Waals surface area contributed by atoms with Gasteiger partial charge in [0, 0.05) is 24.3 Å². The number of rotatable bonds is 14. The Bertz CT molecular complexity index is 1350. The Labute approximate surface area is 260 Å². The molecule has 8 heteroatoms. The summed E-state index contributed by atoms with van der Waals surface area (Å²) in [6, 6.07) is 18.1. The van der Waals surface area contributed by atoms with E-state index in [2.05, 4.69) is 65.1 Å². The van der Waals surface area contributed by atoms with Crippen molar-refractivity contribution in [2.24, 2.45) is 0 Å². The Morgan fingerprint density at radius 1 is 0.818 bits per heavy atom. The van der Waals surface area contributed by atoms with E-state index in [-0.39, 0.29) is 23.4 Å². The Hall–Kier alpha value is -3.68. The van der Waals surface area contributed by atoms with E-state index in [1.54, 1.807) is 36.3 Å². The highest BCUT2D eigenvalue weighted by atomic mass is 19.4. The number of benzene rings is 3. The topological polar surface area (TPSA) is 50.8 Å². The van der Waals surface area contributed by atoms with Crippen molar-refractivity contribution in [1.29, 1.82) is 0 Å². The second-order valence-corrected chi connectivity index (χ2v) is 12.5. The van der Waals surface area contributed by atoms with Gasteiger partial charge in [0.15, 0.2) is 0 Å². The summed E-state index contributed by atoms with van der Waals surface area (Å²) in [7, 11) is 1.57. The highest BCUT2D eigenvalue weighted by molar-refractivity contribution is 5.89. The van der Waals surface area contributed by atoms with Gasteiger partial charge in [0.2, 0.25) is 0 Å². The summed E-state index contributed by atoms with van der Waals surface area (Å²) < 4.78 is 50.7. The van der Waals surface area contributed by atoms with Crippen LogP contribution in [0.2, 0.25) is 0 Å². The molecule has 44 heavy (non-hydrogen) atoms. The molecular formula is C36H47F3N2O3. The molecule has 0 aliphatic carbocycles. The van der Waals surface area contributed by atoms with Crippen LogP contribution in [-0.4, -0.2) is 31.2 Å². The van der Waals surface area contributed by atoms with Crippen molar-refractivity contribution in [3.8, 4) is 11.5 Å². The van der Waals surface area contributed by atoms with Gasteiger partial charge in [0.05, 0.1) is 19.3 Å². The molecule has 0 bridgehead atoms. The van der Waals surface area contributed by atoms with Crippen molar-refractivity contribution in [1.82, 2.24) is 4.90 Å². The van der Waals surface area contributed by atoms with E-state index in [4.69, 9.17) is 9.47 Å². The number of hydrogen-bond acceptors (Lipinski definition) is 3. The fraction of sp³-hybridized carbons (Fsp3) is 0.472. The van der Waals surface area contributed by atoms with Gasteiger partial charge < -0.3 is 19.7 Å². The third-order valence-electron chi connectivity index (χ3n) is 8.62. The highest BCUT2D eigenvalue weighted by Crippen LogP contribution is 2.38. The molecule has 0 atom stereocenters. The smallest absolute Gasteiger partial charge is 0.416 e. The van der Waals surface area contributed by atoms with Crippen LogP contribution in [0.3, 0.4) is 0 Å². The normalized spacial score (nSPS) is 12.1. The summed E-state index contributed by atoms with van der Waals surface area (Å²) in [6.07, 6.45) is -1.05. The number of methoxy groups -OCH3 is 1. The average Bonchev–Trinajstić information content (AvgIpc) is 3.00. The van der Waals surface area contributed by atoms with Crippen LogP contribution in [0.4, 0.5) is 23.7 Å². The fourth-order valence-corrected chi connectivity index (χ4v) is 4.74. The number of carbonyl (C=O) groups excluding carboxylic acids is 1. The predicted octanol–water partition coefficient (Wildman–Crippen LogP) is 9.98. The maximum atomic E-state index is 13.3. The number of anilines is 1. The molecule has 3 aromatic carbocycles. The summed E-state index contributed by atoms with van der Waals surface area (Å²) >= 11 is 0. The molecule has 0 saturated heterocycles. The molecule has 0 aliphatic rings. The van der Waals surface area contributed by atoms with E-state index in [0.29, 0.717) is 43.0 Å². The molecule has 0 unspecified atom stereocenters. The van der Waals surface area contributed by atoms with Gasteiger partial charge in [-0.2, -0.15) is 13.2 Å². The first kappa shape index (κ1) is 34.8. The minimum absolute atomic E-state index is 0.0484. The van der Waals surface area contributed by atoms with E-state index in [1.165, 1.54) is 23.3 Å². The molecule has 3 aromatic rings. The minimum Gasteiger partial charge on any atom is -0.497 e. The van der Waals surface area contributed by atoms with Gasteiger partial charge in [-0.05, 0) is 90.1 Å². The number of halogens is 3. The standard InChI is InChI=1S/C36H47F3N2O3/c1-8-34(3,4)28-16-21-32(31(24-28)35(5,6)9-2)44-23-11-10-22-41(25-26-12-14-27(15-13-26)36(37,38)39)33(42)40-29-17-19-30(43-7)20-18-29/h12-21,24H,8-11,22-23,25H2,1-7H3,(H,40,42). The third kappa shape index (κ3) is 9.41. The molecule has 0 fully saturated rings. The molecule has 0 heterocycles. The molecular weight excluding hydrogens is 565 g/mol. The molecule has 5 nitrogen and oxygen atoms in total. The van der Waals surface area contributed by atoms with Crippen molar-refractivity contribution in [3.05, 3.63) is 89.0 Å². The lowest BCUT2D eigenvalue weighted by Gasteiger charge is -2.30. The van der Waals surface area contributed by atoms with Crippen LogP contribution in [0.25, 0.3) is 0 Å². The van der Waals surface area contributed by atoms with Gasteiger partial charge in [-0.3, -0.25) is 0 Å². The SMILES string of the molecule is CCC(C)(C)c1ccc(OCCCCN(Cc2ccc(C(F)(F)F)cc2)C(=O)Nc2ccc(OC)cc2)c(C(C)(C)CC)c1. The molecule has 2 amide bonds. The zero-order valence-corrected chi connectivity index (χ0v) is 27.1. The largest absolute Gasteiger partial charge is 0.497 e. The first-order valence-electron chi connectivity index (χ1n) is 15.3. The Balaban J connectivity index is 1.69. The first-order chi connectivity index (χ1) is 20.7. The number of amides is 2. The van der Waals surface area contributed by atoms with Crippen molar-refractivity contribution < 1.29 is 27.4 Å². The summed E-state index contributed by atoms with van der Waals surface area (Å²) in [5, 5.41) is 2.89. The van der Waals surface area contributed by atoms with E-state index in [9.17, 15) is 18.0 Å². The lowest BCUT2D eigenvalue weighted by molar-refractivity contribution is -0.137. The van der Waals surface area contributed by atoms with Gasteiger partial charge in [-0.1, -0.05) is 65.8 Å². The molecule has 1 N–H and O–H groups in total. The van der Waals surface area contributed by atoms with Gasteiger partial charge in [0.25, 0.3) is 0 Å². The number of carbonyl (C=O) groups is 1. The van der Waals surface area contributed by atoms with Gasteiger partial charge in [-0.15, -0.1) is 0 Å². The lowest BCUT2D eigenvalue weighted by atomic mass is 9.76. The molecule has 240 valence electrons. The van der Waals surface area contributed by atoms with Crippen LogP contribution in [-0.2, 0) is 23.6 Å². The zero-order valence-electron chi connectivity index (χ0n) is 27.1. The predicted molar refractivity (Wildman–Crippen MR) is 172 cm³/mol. The molecule has 0 saturated carbocycles. The maximum Gasteiger partial charge on any atom is 0.416 e. The second kappa shape index (κ2) is 14.9. The van der Waals surface area contributed by atoms with Gasteiger partial charge in [-0.25, -0.2) is 4.79 Å². The number of unbranched alkanes of at least 4 members (excludes halogenated alkanes) is 1. The van der Waals surface area contributed by atoms with Crippen LogP contribution in [0.15, 0.2) is 66.7 Å². The van der Waals surface area contributed by atoms with E-state index >= 15 is 0 Å². The first-order valence-corrected chi connectivity index (χ1v) is 15.3. The van der Waals surface area contributed by atoms with Crippen molar-refractivity contribution in [3.63, 3.8) is 0 Å². The van der Waals surface area contributed by atoms with Crippen molar-refractivity contribution in [2.75, 3.05) is 25.6 Å². The second-order valence-electron chi connectivity index (χ2n) is 12.5. The van der Waals surface area contributed by atoms with E-state index < -0.39 is 11.7 Å². The summed E-state index contributed by atoms with van der Waals surface area (Å²) in [6.45, 7) is 14.4. The zero-order chi connectivity index (χ0) is 32.5. The van der Waals surface area contributed by atoms with Gasteiger partial charge in [0.1, 0.15) is 11.5 Å². The Kier molecular flexibility index (Phi) is 11.8. The van der Waals surface area contributed by atoms with E-state index in [0.717, 1.165) is 30.7 Å². The number of hydrogen-bond donors (Lipinski definition) is 1. The fourth-order valence-electron chi connectivity index (χ4n) is 4.74. The third-order valence-corrected chi connectivity index (χ3v) is 8.62. The van der Waals surface area contributed by atoms with Gasteiger partial charge >= 0.3 is 12.2 Å². The van der Waals surface area contributed by atoms with Crippen LogP contribution in [0.5, 0.6) is 11.5 Å². The Morgan fingerprint density at radius 3 is 2.00 bits per heavy atom. The maximum absolute atomic E-state index is 13.3. The monoisotopic (exact) mass is 612 g/mol.